The quantitative estimate of drug-likeness (QED) is 0.849. The van der Waals surface area contributed by atoms with Crippen LogP contribution in [-0.2, 0) is 6.18 Å². The summed E-state index contributed by atoms with van der Waals surface area (Å²) in [5.41, 5.74) is -0.298. The van der Waals surface area contributed by atoms with Crippen LogP contribution < -0.4 is 5.32 Å². The molecule has 0 aromatic heterocycles. The van der Waals surface area contributed by atoms with Crippen molar-refractivity contribution in [1.29, 1.82) is 5.26 Å². The van der Waals surface area contributed by atoms with E-state index in [9.17, 15) is 13.2 Å². The third-order valence-corrected chi connectivity index (χ3v) is 2.83. The molecule has 2 rings (SSSR count). The van der Waals surface area contributed by atoms with Crippen LogP contribution in [0.25, 0.3) is 0 Å². The fraction of sp³-hybridized carbons (Fsp3) is 0.0714. The molecule has 0 aliphatic heterocycles. The highest BCUT2D eigenvalue weighted by atomic mass is 35.5. The van der Waals surface area contributed by atoms with Crippen molar-refractivity contribution in [3.05, 3.63) is 58.6 Å². The minimum atomic E-state index is -4.54. The number of benzene rings is 2. The molecule has 2 aromatic rings. The molecule has 1 N–H and O–H groups in total. The van der Waals surface area contributed by atoms with Crippen molar-refractivity contribution >= 4 is 23.0 Å². The summed E-state index contributed by atoms with van der Waals surface area (Å²) in [4.78, 5) is 0. The number of hydrogen-bond donors (Lipinski definition) is 1. The van der Waals surface area contributed by atoms with Gasteiger partial charge in [0.25, 0.3) is 0 Å². The number of nitrogens with one attached hydrogen (secondary N) is 1. The number of nitriles is 1. The lowest BCUT2D eigenvalue weighted by Crippen LogP contribution is -2.08. The van der Waals surface area contributed by atoms with Crippen LogP contribution in [0.2, 0.25) is 5.02 Å². The second-order valence-electron chi connectivity index (χ2n) is 4.00. The molecule has 0 heterocycles. The lowest BCUT2D eigenvalue weighted by molar-refractivity contribution is -0.137. The highest BCUT2D eigenvalue weighted by Crippen LogP contribution is 2.33. The SMILES string of the molecule is N#Cc1cc(Nc2ccc(Cl)cc2)ccc1C(F)(F)F. The first-order valence-electron chi connectivity index (χ1n) is 5.54. The zero-order chi connectivity index (χ0) is 14.8. The van der Waals surface area contributed by atoms with E-state index in [1.165, 1.54) is 6.07 Å². The zero-order valence-corrected chi connectivity index (χ0v) is 10.8. The Morgan fingerprint density at radius 1 is 1.00 bits per heavy atom. The van der Waals surface area contributed by atoms with E-state index in [0.717, 1.165) is 12.1 Å². The van der Waals surface area contributed by atoms with Gasteiger partial charge in [-0.05, 0) is 42.5 Å². The van der Waals surface area contributed by atoms with Gasteiger partial charge in [-0.1, -0.05) is 11.6 Å². The minimum absolute atomic E-state index is 0.400. The van der Waals surface area contributed by atoms with Crippen molar-refractivity contribution in [2.75, 3.05) is 5.32 Å². The van der Waals surface area contributed by atoms with Crippen molar-refractivity contribution in [3.8, 4) is 6.07 Å². The maximum absolute atomic E-state index is 12.7. The molecule has 0 unspecified atom stereocenters. The Bertz CT molecular complexity index is 658. The molecule has 0 aliphatic rings. The van der Waals surface area contributed by atoms with E-state index >= 15 is 0 Å². The molecular formula is C14H8ClF3N2. The van der Waals surface area contributed by atoms with Crippen LogP contribution in [0.3, 0.4) is 0 Å². The average Bonchev–Trinajstić information content (AvgIpc) is 2.40. The maximum Gasteiger partial charge on any atom is 0.417 e. The van der Waals surface area contributed by atoms with Gasteiger partial charge in [0.2, 0.25) is 0 Å². The fourth-order valence-corrected chi connectivity index (χ4v) is 1.79. The van der Waals surface area contributed by atoms with E-state index in [1.54, 1.807) is 30.3 Å². The molecule has 0 aliphatic carbocycles. The van der Waals surface area contributed by atoms with E-state index in [0.29, 0.717) is 16.4 Å². The third kappa shape index (κ3) is 3.22. The molecule has 0 saturated heterocycles. The predicted molar refractivity (Wildman–Crippen MR) is 70.9 cm³/mol. The van der Waals surface area contributed by atoms with Crippen LogP contribution >= 0.6 is 11.6 Å². The van der Waals surface area contributed by atoms with Crippen molar-refractivity contribution < 1.29 is 13.2 Å². The van der Waals surface area contributed by atoms with E-state index in [2.05, 4.69) is 5.32 Å². The van der Waals surface area contributed by atoms with Gasteiger partial charge in [-0.25, -0.2) is 0 Å². The Labute approximate surface area is 118 Å². The van der Waals surface area contributed by atoms with Gasteiger partial charge in [-0.3, -0.25) is 0 Å². The summed E-state index contributed by atoms with van der Waals surface area (Å²) in [7, 11) is 0. The number of rotatable bonds is 2. The molecule has 2 nitrogen and oxygen atoms in total. The molecule has 0 spiro atoms. The van der Waals surface area contributed by atoms with E-state index < -0.39 is 17.3 Å². The first-order valence-corrected chi connectivity index (χ1v) is 5.92. The molecule has 20 heavy (non-hydrogen) atoms. The number of halogens is 4. The van der Waals surface area contributed by atoms with Crippen LogP contribution in [-0.4, -0.2) is 0 Å². The Morgan fingerprint density at radius 2 is 1.60 bits per heavy atom. The Balaban J connectivity index is 2.31. The van der Waals surface area contributed by atoms with Crippen LogP contribution in [0.5, 0.6) is 0 Å². The zero-order valence-electron chi connectivity index (χ0n) is 10.0. The second kappa shape index (κ2) is 5.43. The number of anilines is 2. The highest BCUT2D eigenvalue weighted by molar-refractivity contribution is 6.30. The largest absolute Gasteiger partial charge is 0.417 e. The number of alkyl halides is 3. The van der Waals surface area contributed by atoms with Crippen molar-refractivity contribution in [1.82, 2.24) is 0 Å². The monoisotopic (exact) mass is 296 g/mol. The van der Waals surface area contributed by atoms with Gasteiger partial charge in [0, 0.05) is 16.4 Å². The smallest absolute Gasteiger partial charge is 0.355 e. The van der Waals surface area contributed by atoms with E-state index in [1.807, 2.05) is 0 Å². The first kappa shape index (κ1) is 14.2. The Hall–Kier alpha value is -2.19. The average molecular weight is 297 g/mol. The molecular weight excluding hydrogens is 289 g/mol. The van der Waals surface area contributed by atoms with Gasteiger partial charge in [0.1, 0.15) is 0 Å². The predicted octanol–water partition coefficient (Wildman–Crippen LogP) is 4.97. The summed E-state index contributed by atoms with van der Waals surface area (Å²) in [5, 5.41) is 12.3. The van der Waals surface area contributed by atoms with Crippen molar-refractivity contribution in [2.24, 2.45) is 0 Å². The van der Waals surface area contributed by atoms with Crippen molar-refractivity contribution in [2.45, 2.75) is 6.18 Å². The second-order valence-corrected chi connectivity index (χ2v) is 4.44. The molecule has 0 radical (unpaired) electrons. The van der Waals surface area contributed by atoms with Crippen LogP contribution in [0.4, 0.5) is 24.5 Å². The van der Waals surface area contributed by atoms with Crippen LogP contribution in [0, 0.1) is 11.3 Å². The standard InChI is InChI=1S/C14H8ClF3N2/c15-10-1-3-11(4-2-10)20-12-5-6-13(14(16,17)18)9(7-12)8-19/h1-7,20H. The maximum atomic E-state index is 12.7. The first-order chi connectivity index (χ1) is 9.40. The number of hydrogen-bond acceptors (Lipinski definition) is 2. The Kier molecular flexibility index (Phi) is 3.86. The number of nitrogens with zero attached hydrogens (tertiary/aromatic N) is 1. The highest BCUT2D eigenvalue weighted by Gasteiger charge is 2.33. The van der Waals surface area contributed by atoms with E-state index in [4.69, 9.17) is 16.9 Å². The fourth-order valence-electron chi connectivity index (χ4n) is 1.66. The van der Waals surface area contributed by atoms with E-state index in [-0.39, 0.29) is 0 Å². The van der Waals surface area contributed by atoms with Gasteiger partial charge in [0.15, 0.2) is 0 Å². The van der Waals surface area contributed by atoms with Gasteiger partial charge in [-0.15, -0.1) is 0 Å². The molecule has 0 fully saturated rings. The summed E-state index contributed by atoms with van der Waals surface area (Å²) in [5.74, 6) is 0. The summed E-state index contributed by atoms with van der Waals surface area (Å²) in [6, 6.07) is 11.6. The molecule has 0 atom stereocenters. The summed E-state index contributed by atoms with van der Waals surface area (Å²) in [6.07, 6.45) is -4.54. The molecule has 0 bridgehead atoms. The summed E-state index contributed by atoms with van der Waals surface area (Å²) < 4.78 is 38.0. The minimum Gasteiger partial charge on any atom is -0.355 e. The molecule has 6 heteroatoms. The van der Waals surface area contributed by atoms with Crippen molar-refractivity contribution in [3.63, 3.8) is 0 Å². The van der Waals surface area contributed by atoms with Crippen LogP contribution in [0.1, 0.15) is 11.1 Å². The lowest BCUT2D eigenvalue weighted by atomic mass is 10.1. The van der Waals surface area contributed by atoms with Gasteiger partial charge >= 0.3 is 6.18 Å². The Morgan fingerprint density at radius 3 is 2.15 bits per heavy atom. The van der Waals surface area contributed by atoms with Gasteiger partial charge in [0.05, 0.1) is 17.2 Å². The molecule has 2 aromatic carbocycles. The molecule has 102 valence electrons. The molecule has 0 amide bonds. The third-order valence-electron chi connectivity index (χ3n) is 2.58. The lowest BCUT2D eigenvalue weighted by Gasteiger charge is -2.11. The van der Waals surface area contributed by atoms with Crippen LogP contribution in [0.15, 0.2) is 42.5 Å². The summed E-state index contributed by atoms with van der Waals surface area (Å²) >= 11 is 5.74. The topological polar surface area (TPSA) is 35.8 Å². The molecule has 0 saturated carbocycles. The van der Waals surface area contributed by atoms with Gasteiger partial charge < -0.3 is 5.32 Å². The summed E-state index contributed by atoms with van der Waals surface area (Å²) in [6.45, 7) is 0. The normalized spacial score (nSPS) is 10.9. The van der Waals surface area contributed by atoms with Gasteiger partial charge in [-0.2, -0.15) is 18.4 Å².